The lowest BCUT2D eigenvalue weighted by molar-refractivity contribution is 0.246. The van der Waals surface area contributed by atoms with Gasteiger partial charge in [0.25, 0.3) is 0 Å². The van der Waals surface area contributed by atoms with E-state index in [9.17, 15) is 4.79 Å². The van der Waals surface area contributed by atoms with Crippen molar-refractivity contribution in [3.05, 3.63) is 59.7 Å². The van der Waals surface area contributed by atoms with Crippen LogP contribution in [0.3, 0.4) is 0 Å². The van der Waals surface area contributed by atoms with E-state index >= 15 is 0 Å². The monoisotopic (exact) mass is 334 g/mol. The molecule has 2 amide bonds. The Labute approximate surface area is 148 Å². The number of nitrogens with zero attached hydrogens (tertiary/aromatic N) is 1. The Morgan fingerprint density at radius 2 is 2.04 bits per heavy atom. The Morgan fingerprint density at radius 3 is 2.80 bits per heavy atom. The highest BCUT2D eigenvalue weighted by Crippen LogP contribution is 2.35. The number of fused-ring (bicyclic) bond motifs is 1. The van der Waals surface area contributed by atoms with Gasteiger partial charge >= 0.3 is 6.03 Å². The van der Waals surface area contributed by atoms with Gasteiger partial charge in [-0.15, -0.1) is 6.42 Å². The van der Waals surface area contributed by atoms with Crippen molar-refractivity contribution in [2.24, 2.45) is 0 Å². The lowest BCUT2D eigenvalue weighted by Crippen LogP contribution is -2.40. The van der Waals surface area contributed by atoms with E-state index in [1.165, 1.54) is 5.56 Å². The SMILES string of the molecule is C#CCOc1ccc(CCNC(=O)N2CC(C)c3ccccc32)cc1. The van der Waals surface area contributed by atoms with Crippen LogP contribution in [-0.2, 0) is 6.42 Å². The van der Waals surface area contributed by atoms with Crippen LogP contribution in [0.4, 0.5) is 10.5 Å². The first-order chi connectivity index (χ1) is 12.2. The molecule has 1 unspecified atom stereocenters. The zero-order valence-corrected chi connectivity index (χ0v) is 14.4. The number of ether oxygens (including phenoxy) is 1. The van der Waals surface area contributed by atoms with Crippen molar-refractivity contribution >= 4 is 11.7 Å². The van der Waals surface area contributed by atoms with E-state index in [0.29, 0.717) is 12.5 Å². The fourth-order valence-corrected chi connectivity index (χ4v) is 3.10. The van der Waals surface area contributed by atoms with Crippen molar-refractivity contribution < 1.29 is 9.53 Å². The highest BCUT2D eigenvalue weighted by Gasteiger charge is 2.28. The average Bonchev–Trinajstić information content (AvgIpc) is 2.98. The normalized spacial score (nSPS) is 15.4. The highest BCUT2D eigenvalue weighted by molar-refractivity contribution is 5.94. The molecule has 0 radical (unpaired) electrons. The Morgan fingerprint density at radius 1 is 1.28 bits per heavy atom. The van der Waals surface area contributed by atoms with E-state index in [2.05, 4.69) is 24.2 Å². The second-order valence-corrected chi connectivity index (χ2v) is 6.19. The first-order valence-corrected chi connectivity index (χ1v) is 8.48. The average molecular weight is 334 g/mol. The number of nitrogens with one attached hydrogen (secondary N) is 1. The van der Waals surface area contributed by atoms with Gasteiger partial charge in [0.05, 0.1) is 0 Å². The van der Waals surface area contributed by atoms with Crippen molar-refractivity contribution in [3.63, 3.8) is 0 Å². The van der Waals surface area contributed by atoms with Gasteiger partial charge in [-0.25, -0.2) is 4.79 Å². The molecular formula is C21H22N2O2. The molecule has 1 aliphatic heterocycles. The van der Waals surface area contributed by atoms with Crippen LogP contribution >= 0.6 is 0 Å². The molecule has 1 heterocycles. The smallest absolute Gasteiger partial charge is 0.321 e. The number of anilines is 1. The van der Waals surface area contributed by atoms with Gasteiger partial charge in [0.1, 0.15) is 12.4 Å². The summed E-state index contributed by atoms with van der Waals surface area (Å²) in [7, 11) is 0. The van der Waals surface area contributed by atoms with Crippen molar-refractivity contribution in [1.29, 1.82) is 0 Å². The second kappa shape index (κ2) is 7.76. The Balaban J connectivity index is 1.51. The number of rotatable bonds is 5. The largest absolute Gasteiger partial charge is 0.481 e. The fourth-order valence-electron chi connectivity index (χ4n) is 3.10. The van der Waals surface area contributed by atoms with Crippen LogP contribution in [0.2, 0.25) is 0 Å². The van der Waals surface area contributed by atoms with E-state index in [1.54, 1.807) is 0 Å². The summed E-state index contributed by atoms with van der Waals surface area (Å²) in [5, 5.41) is 3.01. The molecular weight excluding hydrogens is 312 g/mol. The quantitative estimate of drug-likeness (QED) is 0.849. The molecule has 4 heteroatoms. The summed E-state index contributed by atoms with van der Waals surface area (Å²) < 4.78 is 5.35. The van der Waals surface area contributed by atoms with Crippen molar-refractivity contribution in [2.45, 2.75) is 19.3 Å². The van der Waals surface area contributed by atoms with Gasteiger partial charge in [0.2, 0.25) is 0 Å². The van der Waals surface area contributed by atoms with Gasteiger partial charge in [-0.2, -0.15) is 0 Å². The second-order valence-electron chi connectivity index (χ2n) is 6.19. The van der Waals surface area contributed by atoms with Crippen molar-refractivity contribution in [2.75, 3.05) is 24.6 Å². The topological polar surface area (TPSA) is 41.6 Å². The minimum absolute atomic E-state index is 0.0363. The third-order valence-electron chi connectivity index (χ3n) is 4.40. The van der Waals surface area contributed by atoms with Gasteiger partial charge in [0.15, 0.2) is 0 Å². The molecule has 0 aromatic heterocycles. The number of benzene rings is 2. The number of urea groups is 1. The van der Waals surface area contributed by atoms with Crippen molar-refractivity contribution in [1.82, 2.24) is 5.32 Å². The maximum atomic E-state index is 12.5. The zero-order valence-electron chi connectivity index (χ0n) is 14.4. The lowest BCUT2D eigenvalue weighted by atomic mass is 10.0. The molecule has 128 valence electrons. The van der Waals surface area contributed by atoms with Gasteiger partial charge in [-0.05, 0) is 35.7 Å². The summed E-state index contributed by atoms with van der Waals surface area (Å²) in [6, 6.07) is 15.8. The van der Waals surface area contributed by atoms with E-state index < -0.39 is 0 Å². The molecule has 1 aliphatic rings. The van der Waals surface area contributed by atoms with E-state index in [-0.39, 0.29) is 12.6 Å². The van der Waals surface area contributed by atoms with Crippen LogP contribution in [0, 0.1) is 12.3 Å². The third-order valence-corrected chi connectivity index (χ3v) is 4.40. The van der Waals surface area contributed by atoms with E-state index in [4.69, 9.17) is 11.2 Å². The minimum atomic E-state index is -0.0363. The van der Waals surface area contributed by atoms with E-state index in [0.717, 1.165) is 30.0 Å². The molecule has 0 saturated heterocycles. The first-order valence-electron chi connectivity index (χ1n) is 8.48. The Kier molecular flexibility index (Phi) is 5.25. The van der Waals surface area contributed by atoms with Gasteiger partial charge in [0, 0.05) is 24.7 Å². The molecule has 1 N–H and O–H groups in total. The maximum Gasteiger partial charge on any atom is 0.321 e. The summed E-state index contributed by atoms with van der Waals surface area (Å²) in [5.74, 6) is 3.57. The Hall–Kier alpha value is -2.93. The zero-order chi connectivity index (χ0) is 17.6. The molecule has 0 bridgehead atoms. The lowest BCUT2D eigenvalue weighted by Gasteiger charge is -2.18. The molecule has 0 aliphatic carbocycles. The molecule has 3 rings (SSSR count). The molecule has 0 fully saturated rings. The number of hydrogen-bond acceptors (Lipinski definition) is 2. The molecule has 1 atom stereocenters. The standard InChI is InChI=1S/C21H22N2O2/c1-3-14-25-18-10-8-17(9-11-18)12-13-22-21(24)23-15-16(2)19-6-4-5-7-20(19)23/h1,4-11,16H,12-15H2,2H3,(H,22,24). The van der Waals surface area contributed by atoms with Crippen LogP contribution in [0.15, 0.2) is 48.5 Å². The number of terminal acetylenes is 1. The maximum absolute atomic E-state index is 12.5. The summed E-state index contributed by atoms with van der Waals surface area (Å²) in [4.78, 5) is 14.3. The summed E-state index contributed by atoms with van der Waals surface area (Å²) in [6.07, 6.45) is 5.94. The van der Waals surface area contributed by atoms with Gasteiger partial charge < -0.3 is 10.1 Å². The molecule has 0 saturated carbocycles. The Bertz CT molecular complexity index is 777. The fraction of sp³-hybridized carbons (Fsp3) is 0.286. The van der Waals surface area contributed by atoms with Gasteiger partial charge in [-0.3, -0.25) is 4.90 Å². The minimum Gasteiger partial charge on any atom is -0.481 e. The number of amides is 2. The number of carbonyl (C=O) groups is 1. The van der Waals surface area contributed by atoms with Gasteiger partial charge in [-0.1, -0.05) is 43.2 Å². The molecule has 2 aromatic carbocycles. The predicted molar refractivity (Wildman–Crippen MR) is 100 cm³/mol. The molecule has 2 aromatic rings. The third kappa shape index (κ3) is 3.95. The summed E-state index contributed by atoms with van der Waals surface area (Å²) in [6.45, 7) is 3.74. The highest BCUT2D eigenvalue weighted by atomic mass is 16.5. The first kappa shape index (κ1) is 16.9. The van der Waals surface area contributed by atoms with Crippen LogP contribution in [-0.4, -0.2) is 25.7 Å². The number of hydrogen-bond donors (Lipinski definition) is 1. The van der Waals surface area contributed by atoms with Crippen LogP contribution in [0.1, 0.15) is 24.0 Å². The van der Waals surface area contributed by atoms with Crippen LogP contribution in [0.25, 0.3) is 0 Å². The van der Waals surface area contributed by atoms with E-state index in [1.807, 2.05) is 47.4 Å². The van der Waals surface area contributed by atoms with Crippen molar-refractivity contribution in [3.8, 4) is 18.1 Å². The molecule has 0 spiro atoms. The number of carbonyl (C=O) groups excluding carboxylic acids is 1. The summed E-state index contributed by atoms with van der Waals surface area (Å²) >= 11 is 0. The molecule has 4 nitrogen and oxygen atoms in total. The molecule has 25 heavy (non-hydrogen) atoms. The number of para-hydroxylation sites is 1. The summed E-state index contributed by atoms with van der Waals surface area (Å²) in [5.41, 5.74) is 3.39. The van der Waals surface area contributed by atoms with Crippen LogP contribution in [0.5, 0.6) is 5.75 Å². The predicted octanol–water partition coefficient (Wildman–Crippen LogP) is 3.57. The van der Waals surface area contributed by atoms with Crippen LogP contribution < -0.4 is 15.0 Å².